The van der Waals surface area contributed by atoms with E-state index in [2.05, 4.69) is 12.0 Å². The van der Waals surface area contributed by atoms with Gasteiger partial charge in [-0.2, -0.15) is 5.10 Å². The molecule has 1 aromatic heterocycles. The Morgan fingerprint density at radius 1 is 1.35 bits per heavy atom. The average molecular weight is 228 g/mol. The minimum atomic E-state index is 0.0869. The van der Waals surface area contributed by atoms with Gasteiger partial charge in [-0.25, -0.2) is 0 Å². The van der Waals surface area contributed by atoms with Gasteiger partial charge in [-0.1, -0.05) is 31.2 Å². The summed E-state index contributed by atoms with van der Waals surface area (Å²) in [6.45, 7) is 4.61. The monoisotopic (exact) mass is 228 g/mol. The first kappa shape index (κ1) is 11.6. The van der Waals surface area contributed by atoms with Gasteiger partial charge in [0.25, 0.3) is 0 Å². The number of aryl methyl sites for hydroxylation is 1. The Morgan fingerprint density at radius 3 is 2.82 bits per heavy atom. The third-order valence-corrected chi connectivity index (χ3v) is 2.70. The average Bonchev–Trinajstić information content (AvgIpc) is 2.78. The Labute approximate surface area is 101 Å². The van der Waals surface area contributed by atoms with E-state index in [1.165, 1.54) is 0 Å². The number of hydrogen-bond donors (Lipinski definition) is 0. The van der Waals surface area contributed by atoms with Crippen LogP contribution in [0, 0.1) is 0 Å². The van der Waals surface area contributed by atoms with Crippen LogP contribution in [-0.4, -0.2) is 15.6 Å². The van der Waals surface area contributed by atoms with Crippen LogP contribution in [0.15, 0.2) is 36.7 Å². The predicted octanol–water partition coefficient (Wildman–Crippen LogP) is 3.16. The molecular formula is C14H16N2O. The molecule has 2 rings (SSSR count). The lowest BCUT2D eigenvalue weighted by Crippen LogP contribution is -1.96. The zero-order valence-corrected chi connectivity index (χ0v) is 10.2. The summed E-state index contributed by atoms with van der Waals surface area (Å²) < 4.78 is 1.91. The number of benzene rings is 1. The van der Waals surface area contributed by atoms with Gasteiger partial charge < -0.3 is 0 Å². The van der Waals surface area contributed by atoms with Gasteiger partial charge in [0.15, 0.2) is 5.78 Å². The molecule has 0 unspecified atom stereocenters. The number of hydrogen-bond acceptors (Lipinski definition) is 2. The Kier molecular flexibility index (Phi) is 3.38. The van der Waals surface area contributed by atoms with E-state index in [9.17, 15) is 4.79 Å². The molecule has 0 saturated heterocycles. The zero-order chi connectivity index (χ0) is 12.3. The minimum absolute atomic E-state index is 0.0869. The highest BCUT2D eigenvalue weighted by Gasteiger charge is 2.09. The Hall–Kier alpha value is -1.90. The topological polar surface area (TPSA) is 34.9 Å². The van der Waals surface area contributed by atoms with Gasteiger partial charge in [-0.05, 0) is 18.9 Å². The lowest BCUT2D eigenvalue weighted by molar-refractivity contribution is 0.101. The van der Waals surface area contributed by atoms with Crippen molar-refractivity contribution in [1.29, 1.82) is 0 Å². The predicted molar refractivity (Wildman–Crippen MR) is 68.0 cm³/mol. The van der Waals surface area contributed by atoms with E-state index in [1.54, 1.807) is 6.92 Å². The quantitative estimate of drug-likeness (QED) is 0.753. The van der Waals surface area contributed by atoms with Crippen molar-refractivity contribution in [3.8, 4) is 11.1 Å². The van der Waals surface area contributed by atoms with Crippen LogP contribution in [0.5, 0.6) is 0 Å². The molecule has 0 aliphatic heterocycles. The molecule has 3 nitrogen and oxygen atoms in total. The molecular weight excluding hydrogens is 212 g/mol. The third-order valence-electron chi connectivity index (χ3n) is 2.70. The van der Waals surface area contributed by atoms with Crippen molar-refractivity contribution in [3.05, 3.63) is 42.2 Å². The first-order valence-electron chi connectivity index (χ1n) is 5.85. The number of nitrogens with zero attached hydrogens (tertiary/aromatic N) is 2. The van der Waals surface area contributed by atoms with E-state index in [0.29, 0.717) is 0 Å². The summed E-state index contributed by atoms with van der Waals surface area (Å²) in [5.74, 6) is 0.0869. The van der Waals surface area contributed by atoms with Crippen molar-refractivity contribution in [2.24, 2.45) is 0 Å². The molecule has 0 saturated carbocycles. The number of carbonyl (C=O) groups is 1. The second-order valence-corrected chi connectivity index (χ2v) is 4.09. The van der Waals surface area contributed by atoms with Crippen LogP contribution in [0.25, 0.3) is 11.1 Å². The molecule has 0 N–H and O–H groups in total. The Balaban J connectivity index is 2.41. The molecule has 0 amide bonds. The zero-order valence-electron chi connectivity index (χ0n) is 10.2. The molecule has 0 radical (unpaired) electrons. The van der Waals surface area contributed by atoms with Crippen molar-refractivity contribution < 1.29 is 4.79 Å². The lowest BCUT2D eigenvalue weighted by Gasteiger charge is -2.03. The summed E-state index contributed by atoms with van der Waals surface area (Å²) in [7, 11) is 0. The highest BCUT2D eigenvalue weighted by Crippen LogP contribution is 2.23. The number of ketones is 1. The van der Waals surface area contributed by atoms with Crippen molar-refractivity contribution in [2.45, 2.75) is 26.8 Å². The van der Waals surface area contributed by atoms with Crippen LogP contribution in [0.2, 0.25) is 0 Å². The van der Waals surface area contributed by atoms with Crippen molar-refractivity contribution in [1.82, 2.24) is 9.78 Å². The molecule has 0 aliphatic carbocycles. The molecule has 0 atom stereocenters. The fourth-order valence-electron chi connectivity index (χ4n) is 1.90. The smallest absolute Gasteiger partial charge is 0.160 e. The number of Topliss-reactive ketones (excluding diaryl/α,β-unsaturated/α-hetero) is 1. The summed E-state index contributed by atoms with van der Waals surface area (Å²) in [5.41, 5.74) is 2.72. The summed E-state index contributed by atoms with van der Waals surface area (Å²) in [6, 6.07) is 7.65. The van der Waals surface area contributed by atoms with Gasteiger partial charge >= 0.3 is 0 Å². The maximum Gasteiger partial charge on any atom is 0.160 e. The second-order valence-electron chi connectivity index (χ2n) is 4.09. The van der Waals surface area contributed by atoms with E-state index in [0.717, 1.165) is 29.7 Å². The first-order valence-corrected chi connectivity index (χ1v) is 5.85. The highest BCUT2D eigenvalue weighted by atomic mass is 16.1. The lowest BCUT2D eigenvalue weighted by atomic mass is 10.0. The molecule has 0 aliphatic rings. The van der Waals surface area contributed by atoms with Crippen LogP contribution in [0.1, 0.15) is 30.6 Å². The van der Waals surface area contributed by atoms with E-state index < -0.39 is 0 Å². The first-order chi connectivity index (χ1) is 8.22. The molecule has 1 aromatic carbocycles. The van der Waals surface area contributed by atoms with Gasteiger partial charge in [0, 0.05) is 23.9 Å². The molecule has 0 bridgehead atoms. The largest absolute Gasteiger partial charge is 0.294 e. The number of carbonyl (C=O) groups excluding carboxylic acids is 1. The maximum atomic E-state index is 11.5. The Morgan fingerprint density at radius 2 is 2.12 bits per heavy atom. The third kappa shape index (κ3) is 2.44. The van der Waals surface area contributed by atoms with Crippen molar-refractivity contribution >= 4 is 5.78 Å². The van der Waals surface area contributed by atoms with Gasteiger partial charge in [0.2, 0.25) is 0 Å². The highest BCUT2D eigenvalue weighted by molar-refractivity contribution is 6.00. The number of rotatable bonds is 4. The van der Waals surface area contributed by atoms with E-state index in [-0.39, 0.29) is 5.78 Å². The fourth-order valence-corrected chi connectivity index (χ4v) is 1.90. The fraction of sp³-hybridized carbons (Fsp3) is 0.286. The maximum absolute atomic E-state index is 11.5. The van der Waals surface area contributed by atoms with Crippen LogP contribution in [-0.2, 0) is 6.54 Å². The standard InChI is InChI=1S/C14H16N2O/c1-3-8-16-10-12(9-15-16)14-7-5-4-6-13(14)11(2)17/h4-7,9-10H,3,8H2,1-2H3. The Bertz CT molecular complexity index is 529. The molecule has 17 heavy (non-hydrogen) atoms. The van der Waals surface area contributed by atoms with E-state index in [1.807, 2.05) is 41.3 Å². The molecule has 0 spiro atoms. The minimum Gasteiger partial charge on any atom is -0.294 e. The summed E-state index contributed by atoms with van der Waals surface area (Å²) in [5, 5.41) is 4.29. The number of aromatic nitrogens is 2. The molecule has 1 heterocycles. The van der Waals surface area contributed by atoms with Gasteiger partial charge in [0.05, 0.1) is 6.20 Å². The van der Waals surface area contributed by atoms with E-state index >= 15 is 0 Å². The van der Waals surface area contributed by atoms with Crippen LogP contribution >= 0.6 is 0 Å². The van der Waals surface area contributed by atoms with Crippen molar-refractivity contribution in [2.75, 3.05) is 0 Å². The summed E-state index contributed by atoms with van der Waals surface area (Å²) in [6.07, 6.45) is 4.86. The normalized spacial score (nSPS) is 10.5. The molecule has 88 valence electrons. The molecule has 2 aromatic rings. The van der Waals surface area contributed by atoms with Crippen molar-refractivity contribution in [3.63, 3.8) is 0 Å². The molecule has 3 heteroatoms. The van der Waals surface area contributed by atoms with Crippen LogP contribution < -0.4 is 0 Å². The summed E-state index contributed by atoms with van der Waals surface area (Å²) >= 11 is 0. The van der Waals surface area contributed by atoms with E-state index in [4.69, 9.17) is 0 Å². The second kappa shape index (κ2) is 4.95. The van der Waals surface area contributed by atoms with Gasteiger partial charge in [-0.15, -0.1) is 0 Å². The SMILES string of the molecule is CCCn1cc(-c2ccccc2C(C)=O)cn1. The van der Waals surface area contributed by atoms with Gasteiger partial charge in [-0.3, -0.25) is 9.48 Å². The van der Waals surface area contributed by atoms with Crippen LogP contribution in [0.4, 0.5) is 0 Å². The van der Waals surface area contributed by atoms with Gasteiger partial charge in [0.1, 0.15) is 0 Å². The summed E-state index contributed by atoms with van der Waals surface area (Å²) in [4.78, 5) is 11.5. The molecule has 0 fully saturated rings. The van der Waals surface area contributed by atoms with Crippen LogP contribution in [0.3, 0.4) is 0 Å².